The molecule has 122 valence electrons. The highest BCUT2D eigenvalue weighted by molar-refractivity contribution is 6.01. The summed E-state index contributed by atoms with van der Waals surface area (Å²) in [6.45, 7) is 6.19. The van der Waals surface area contributed by atoms with Crippen LogP contribution in [-0.4, -0.2) is 50.1 Å². The van der Waals surface area contributed by atoms with Crippen molar-refractivity contribution in [3.05, 3.63) is 34.2 Å². The number of aromatic amines is 1. The molecule has 1 aliphatic rings. The molecule has 1 aliphatic heterocycles. The smallest absolute Gasteiger partial charge is 0.352 e. The molecule has 3 heterocycles. The molecular weight excluding hydrogens is 300 g/mol. The zero-order chi connectivity index (χ0) is 16.7. The number of nitrogens with zero attached hydrogens (tertiary/aromatic N) is 3. The number of nitrogens with one attached hydrogen (secondary N) is 1. The van der Waals surface area contributed by atoms with Gasteiger partial charge in [0, 0.05) is 18.8 Å². The summed E-state index contributed by atoms with van der Waals surface area (Å²) in [5, 5.41) is 12.9. The van der Waals surface area contributed by atoms with Gasteiger partial charge in [-0.05, 0) is 32.8 Å². The van der Waals surface area contributed by atoms with E-state index in [1.54, 1.807) is 25.7 Å². The molecule has 1 amide bonds. The van der Waals surface area contributed by atoms with Crippen LogP contribution in [0.25, 0.3) is 0 Å². The quantitative estimate of drug-likeness (QED) is 0.890. The second kappa shape index (κ2) is 5.53. The summed E-state index contributed by atoms with van der Waals surface area (Å²) in [5.74, 6) is -0.0776. The number of aryl methyl sites for hydroxylation is 2. The van der Waals surface area contributed by atoms with E-state index in [0.717, 1.165) is 6.42 Å². The molecule has 0 radical (unpaired) electrons. The average molecular weight is 318 g/mol. The number of likely N-dealkylation sites (tertiary alicyclic amines) is 1. The fourth-order valence-corrected chi connectivity index (χ4v) is 3.07. The van der Waals surface area contributed by atoms with Gasteiger partial charge in [0.25, 0.3) is 5.91 Å². The van der Waals surface area contributed by atoms with Crippen LogP contribution in [0.1, 0.15) is 56.2 Å². The van der Waals surface area contributed by atoms with Gasteiger partial charge in [-0.1, -0.05) is 5.16 Å². The minimum absolute atomic E-state index is 0.0265. The molecule has 2 N–H and O–H groups in total. The Kier molecular flexibility index (Phi) is 3.67. The Morgan fingerprint density at radius 3 is 2.65 bits per heavy atom. The lowest BCUT2D eigenvalue weighted by Crippen LogP contribution is -2.29. The molecule has 2 aromatic heterocycles. The van der Waals surface area contributed by atoms with Crippen LogP contribution in [0.4, 0.5) is 0 Å². The van der Waals surface area contributed by atoms with E-state index in [9.17, 15) is 9.59 Å². The number of rotatable bonds is 3. The minimum atomic E-state index is -1.06. The molecule has 0 unspecified atom stereocenters. The first-order chi connectivity index (χ1) is 10.9. The molecule has 0 saturated carbocycles. The Hall–Kier alpha value is -2.64. The van der Waals surface area contributed by atoms with Crippen LogP contribution < -0.4 is 0 Å². The van der Waals surface area contributed by atoms with Crippen LogP contribution in [0.3, 0.4) is 0 Å². The van der Waals surface area contributed by atoms with Gasteiger partial charge >= 0.3 is 5.97 Å². The van der Waals surface area contributed by atoms with Gasteiger partial charge < -0.3 is 19.5 Å². The van der Waals surface area contributed by atoms with Crippen molar-refractivity contribution < 1.29 is 19.2 Å². The third-order valence-electron chi connectivity index (χ3n) is 4.23. The number of carbonyl (C=O) groups excluding carboxylic acids is 1. The summed E-state index contributed by atoms with van der Waals surface area (Å²) < 4.78 is 5.18. The molecule has 23 heavy (non-hydrogen) atoms. The number of carboxylic acids is 1. The van der Waals surface area contributed by atoms with Gasteiger partial charge in [0.2, 0.25) is 5.89 Å². The predicted molar refractivity (Wildman–Crippen MR) is 79.5 cm³/mol. The van der Waals surface area contributed by atoms with Crippen LogP contribution >= 0.6 is 0 Å². The van der Waals surface area contributed by atoms with E-state index >= 15 is 0 Å². The van der Waals surface area contributed by atoms with Gasteiger partial charge in [-0.3, -0.25) is 4.79 Å². The average Bonchev–Trinajstić information content (AvgIpc) is 3.17. The lowest BCUT2D eigenvalue weighted by Gasteiger charge is -2.16. The van der Waals surface area contributed by atoms with Crippen LogP contribution in [0.15, 0.2) is 4.52 Å². The fraction of sp³-hybridized carbons (Fsp3) is 0.467. The van der Waals surface area contributed by atoms with Crippen molar-refractivity contribution in [2.75, 3.05) is 13.1 Å². The van der Waals surface area contributed by atoms with E-state index in [4.69, 9.17) is 9.63 Å². The van der Waals surface area contributed by atoms with E-state index < -0.39 is 5.97 Å². The summed E-state index contributed by atoms with van der Waals surface area (Å²) >= 11 is 0. The summed E-state index contributed by atoms with van der Waals surface area (Å²) in [5.41, 5.74) is 1.54. The molecule has 1 fully saturated rings. The molecular formula is C15H18N4O4. The number of aromatic carboxylic acids is 1. The monoisotopic (exact) mass is 318 g/mol. The largest absolute Gasteiger partial charge is 0.477 e. The maximum absolute atomic E-state index is 12.8. The Labute approximate surface area is 132 Å². The molecule has 0 bridgehead atoms. The SMILES string of the molecule is Cc1noc([C@H]2CCN(C(=O)c3c(C)[nH]c(C(=O)O)c3C)C2)n1. The molecule has 1 atom stereocenters. The van der Waals surface area contributed by atoms with Crippen LogP contribution in [-0.2, 0) is 0 Å². The van der Waals surface area contributed by atoms with Crippen molar-refractivity contribution in [3.8, 4) is 0 Å². The zero-order valence-electron chi connectivity index (χ0n) is 13.2. The van der Waals surface area contributed by atoms with Gasteiger partial charge in [0.15, 0.2) is 5.82 Å². The fourth-order valence-electron chi connectivity index (χ4n) is 3.07. The maximum atomic E-state index is 12.8. The third kappa shape index (κ3) is 2.60. The van der Waals surface area contributed by atoms with Crippen molar-refractivity contribution in [1.82, 2.24) is 20.0 Å². The number of amides is 1. The van der Waals surface area contributed by atoms with Gasteiger partial charge in [-0.25, -0.2) is 4.79 Å². The molecule has 0 aromatic carbocycles. The number of hydrogen-bond donors (Lipinski definition) is 2. The summed E-state index contributed by atoms with van der Waals surface area (Å²) in [4.78, 5) is 32.6. The predicted octanol–water partition coefficient (Wildman–Crippen LogP) is 1.65. The van der Waals surface area contributed by atoms with Gasteiger partial charge in [-0.2, -0.15) is 4.98 Å². The highest BCUT2D eigenvalue weighted by Crippen LogP contribution is 2.29. The molecule has 0 spiro atoms. The van der Waals surface area contributed by atoms with Gasteiger partial charge in [0.05, 0.1) is 11.5 Å². The number of hydrogen-bond acceptors (Lipinski definition) is 5. The highest BCUT2D eigenvalue weighted by Gasteiger charge is 2.33. The first-order valence-electron chi connectivity index (χ1n) is 7.40. The molecule has 3 rings (SSSR count). The van der Waals surface area contributed by atoms with Crippen molar-refractivity contribution in [2.24, 2.45) is 0 Å². The minimum Gasteiger partial charge on any atom is -0.477 e. The topological polar surface area (TPSA) is 112 Å². The molecule has 2 aromatic rings. The van der Waals surface area contributed by atoms with E-state index in [0.29, 0.717) is 41.6 Å². The van der Waals surface area contributed by atoms with Crippen LogP contribution in [0.5, 0.6) is 0 Å². The molecule has 1 saturated heterocycles. The first kappa shape index (κ1) is 15.3. The summed E-state index contributed by atoms with van der Waals surface area (Å²) in [7, 11) is 0. The Bertz CT molecular complexity index is 777. The molecule has 0 aliphatic carbocycles. The first-order valence-corrected chi connectivity index (χ1v) is 7.40. The van der Waals surface area contributed by atoms with Gasteiger partial charge in [-0.15, -0.1) is 0 Å². The zero-order valence-corrected chi connectivity index (χ0v) is 13.2. The van der Waals surface area contributed by atoms with E-state index in [-0.39, 0.29) is 17.5 Å². The van der Waals surface area contributed by atoms with Crippen molar-refractivity contribution >= 4 is 11.9 Å². The Morgan fingerprint density at radius 2 is 2.09 bits per heavy atom. The Balaban J connectivity index is 1.81. The third-order valence-corrected chi connectivity index (χ3v) is 4.23. The summed E-state index contributed by atoms with van der Waals surface area (Å²) in [6.07, 6.45) is 0.752. The van der Waals surface area contributed by atoms with Crippen LogP contribution in [0, 0.1) is 20.8 Å². The standard InChI is InChI=1S/C15H18N4O4/c1-7-11(8(2)16-12(7)15(21)22)14(20)19-5-4-10(6-19)13-17-9(3)18-23-13/h10,16H,4-6H2,1-3H3,(H,21,22)/t10-/m0/s1. The highest BCUT2D eigenvalue weighted by atomic mass is 16.5. The second-order valence-electron chi connectivity index (χ2n) is 5.85. The lowest BCUT2D eigenvalue weighted by atomic mass is 10.1. The van der Waals surface area contributed by atoms with Crippen LogP contribution in [0.2, 0.25) is 0 Å². The van der Waals surface area contributed by atoms with E-state index in [2.05, 4.69) is 15.1 Å². The van der Waals surface area contributed by atoms with Gasteiger partial charge in [0.1, 0.15) is 5.69 Å². The number of carbonyl (C=O) groups is 2. The molecule has 8 nitrogen and oxygen atoms in total. The Morgan fingerprint density at radius 1 is 1.35 bits per heavy atom. The summed E-state index contributed by atoms with van der Waals surface area (Å²) in [6, 6.07) is 0. The number of carboxylic acid groups (broad SMARTS) is 1. The maximum Gasteiger partial charge on any atom is 0.352 e. The number of aromatic nitrogens is 3. The number of H-pyrrole nitrogens is 1. The molecule has 8 heteroatoms. The van der Waals surface area contributed by atoms with Crippen molar-refractivity contribution in [3.63, 3.8) is 0 Å². The second-order valence-corrected chi connectivity index (χ2v) is 5.85. The van der Waals surface area contributed by atoms with E-state index in [1.807, 2.05) is 0 Å². The van der Waals surface area contributed by atoms with Crippen molar-refractivity contribution in [1.29, 1.82) is 0 Å². The van der Waals surface area contributed by atoms with E-state index in [1.165, 1.54) is 0 Å². The normalized spacial score (nSPS) is 17.7. The van der Waals surface area contributed by atoms with Crippen molar-refractivity contribution in [2.45, 2.75) is 33.1 Å². The lowest BCUT2D eigenvalue weighted by molar-refractivity contribution is 0.0690.